The molecule has 7 nitrogen and oxygen atoms in total. The van der Waals surface area contributed by atoms with Crippen molar-refractivity contribution in [2.45, 2.75) is 284 Å². The van der Waals surface area contributed by atoms with E-state index in [-0.39, 0.29) is 30.4 Å². The lowest BCUT2D eigenvalue weighted by Gasteiger charge is -2.20. The van der Waals surface area contributed by atoms with Gasteiger partial charge in [0.15, 0.2) is 11.6 Å². The minimum absolute atomic E-state index is 0.0112. The first kappa shape index (κ1) is 51.3. The predicted molar refractivity (Wildman–Crippen MR) is 226 cm³/mol. The molecule has 0 radical (unpaired) electrons. The Labute approximate surface area is 335 Å². The van der Waals surface area contributed by atoms with Crippen LogP contribution < -0.4 is 0 Å². The quantitative estimate of drug-likeness (QED) is 0.0515. The van der Waals surface area contributed by atoms with E-state index in [2.05, 4.69) is 20.8 Å². The highest BCUT2D eigenvalue weighted by Crippen LogP contribution is 2.27. The molecular formula is C47H92O7. The molecule has 2 heterocycles. The summed E-state index contributed by atoms with van der Waals surface area (Å²) in [6, 6.07) is 0. The predicted octanol–water partition coefficient (Wildman–Crippen LogP) is 13.7. The number of carbonyl (C=O) groups is 1. The molecule has 0 aromatic rings. The van der Waals surface area contributed by atoms with E-state index in [9.17, 15) is 9.90 Å². The number of ether oxygens (including phenoxy) is 5. The number of esters is 1. The molecule has 0 amide bonds. The Morgan fingerprint density at radius 3 is 1.31 bits per heavy atom. The Balaban J connectivity index is 0.000000618. The van der Waals surface area contributed by atoms with E-state index in [0.29, 0.717) is 19.6 Å². The first-order valence-corrected chi connectivity index (χ1v) is 23.5. The Bertz CT molecular complexity index is 846. The standard InChI is InChI=1S/C30H58O4.C17H34O3/c1-5-7-9-11-13-14-15-16-18-20-25-29(31)33-27(22-19-17-12-10-8-6-2)23-21-24-28-26-32-30(3,4)34-28;1-4-5-6-7-8-9-11-15(18)12-10-13-16-14-19-17(2,3)20-16/h27-28H,5-26H2,1-4H3;15-16,18H,4-14H2,1-3H3. The van der Waals surface area contributed by atoms with E-state index in [1.807, 2.05) is 27.7 Å². The molecule has 322 valence electrons. The summed E-state index contributed by atoms with van der Waals surface area (Å²) in [7, 11) is 0. The van der Waals surface area contributed by atoms with Crippen LogP contribution in [0.25, 0.3) is 0 Å². The highest BCUT2D eigenvalue weighted by Gasteiger charge is 2.33. The normalized spacial score (nSPS) is 20.1. The van der Waals surface area contributed by atoms with Crippen LogP contribution in [-0.2, 0) is 28.5 Å². The van der Waals surface area contributed by atoms with Gasteiger partial charge in [0, 0.05) is 6.42 Å². The Kier molecular flexibility index (Phi) is 31.6. The van der Waals surface area contributed by atoms with Crippen molar-refractivity contribution in [2.24, 2.45) is 0 Å². The molecule has 1 N–H and O–H groups in total. The third-order valence-corrected chi connectivity index (χ3v) is 11.1. The lowest BCUT2D eigenvalue weighted by molar-refractivity contribution is -0.150. The summed E-state index contributed by atoms with van der Waals surface area (Å²) in [6.07, 6.45) is 37.0. The molecule has 54 heavy (non-hydrogen) atoms. The molecule has 2 aliphatic heterocycles. The highest BCUT2D eigenvalue weighted by atomic mass is 16.7. The van der Waals surface area contributed by atoms with E-state index in [0.717, 1.165) is 70.6 Å². The van der Waals surface area contributed by atoms with Crippen molar-refractivity contribution >= 4 is 5.97 Å². The smallest absolute Gasteiger partial charge is 0.306 e. The van der Waals surface area contributed by atoms with Gasteiger partial charge in [-0.15, -0.1) is 0 Å². The van der Waals surface area contributed by atoms with Crippen molar-refractivity contribution in [1.29, 1.82) is 0 Å². The van der Waals surface area contributed by atoms with Crippen LogP contribution in [0.5, 0.6) is 0 Å². The van der Waals surface area contributed by atoms with Gasteiger partial charge >= 0.3 is 5.97 Å². The maximum atomic E-state index is 12.5. The third-order valence-electron chi connectivity index (χ3n) is 11.1. The number of unbranched alkanes of at least 4 members (excludes halogenated alkanes) is 19. The van der Waals surface area contributed by atoms with E-state index in [4.69, 9.17) is 23.7 Å². The van der Waals surface area contributed by atoms with Crippen LogP contribution in [0, 0.1) is 0 Å². The van der Waals surface area contributed by atoms with Gasteiger partial charge in [-0.25, -0.2) is 0 Å². The van der Waals surface area contributed by atoms with Crippen LogP contribution in [0.4, 0.5) is 0 Å². The fourth-order valence-electron chi connectivity index (χ4n) is 7.69. The minimum Gasteiger partial charge on any atom is -0.462 e. The zero-order valence-corrected chi connectivity index (χ0v) is 37.0. The van der Waals surface area contributed by atoms with Gasteiger partial charge in [-0.1, -0.05) is 149 Å². The number of hydrogen-bond acceptors (Lipinski definition) is 7. The van der Waals surface area contributed by atoms with Gasteiger partial charge in [-0.05, 0) is 91.9 Å². The molecule has 2 aliphatic rings. The summed E-state index contributed by atoms with van der Waals surface area (Å²) in [5, 5.41) is 9.96. The van der Waals surface area contributed by atoms with E-state index in [1.165, 1.54) is 122 Å². The topological polar surface area (TPSA) is 83.5 Å². The first-order valence-electron chi connectivity index (χ1n) is 23.5. The van der Waals surface area contributed by atoms with Gasteiger partial charge in [0.25, 0.3) is 0 Å². The SMILES string of the molecule is CCCCCCCCC(O)CCCC1COC(C)(C)O1.CCCCCCCCCCCCC(=O)OC(CCCCCCCC)CCCC1COC(C)(C)O1. The highest BCUT2D eigenvalue weighted by molar-refractivity contribution is 5.69. The number of rotatable bonds is 34. The van der Waals surface area contributed by atoms with Gasteiger partial charge in [-0.2, -0.15) is 0 Å². The molecule has 4 atom stereocenters. The second-order valence-electron chi connectivity index (χ2n) is 17.6. The summed E-state index contributed by atoms with van der Waals surface area (Å²) in [5.74, 6) is -0.858. The lowest BCUT2D eigenvalue weighted by atomic mass is 10.0. The Morgan fingerprint density at radius 1 is 0.537 bits per heavy atom. The molecule has 4 unspecified atom stereocenters. The van der Waals surface area contributed by atoms with E-state index >= 15 is 0 Å². The number of carbonyl (C=O) groups excluding carboxylic acids is 1. The molecule has 2 fully saturated rings. The van der Waals surface area contributed by atoms with E-state index < -0.39 is 11.6 Å². The Morgan fingerprint density at radius 2 is 0.889 bits per heavy atom. The summed E-state index contributed by atoms with van der Waals surface area (Å²) in [4.78, 5) is 12.5. The largest absolute Gasteiger partial charge is 0.462 e. The van der Waals surface area contributed by atoms with Crippen molar-refractivity contribution < 1.29 is 33.6 Å². The fraction of sp³-hybridized carbons (Fsp3) is 0.979. The monoisotopic (exact) mass is 769 g/mol. The third kappa shape index (κ3) is 30.4. The van der Waals surface area contributed by atoms with Crippen LogP contribution in [0.3, 0.4) is 0 Å². The number of aliphatic hydroxyl groups is 1. The van der Waals surface area contributed by atoms with Crippen molar-refractivity contribution in [3.05, 3.63) is 0 Å². The summed E-state index contributed by atoms with van der Waals surface area (Å²) in [6.45, 7) is 16.0. The van der Waals surface area contributed by atoms with Crippen molar-refractivity contribution in [3.8, 4) is 0 Å². The molecule has 0 aromatic heterocycles. The number of aliphatic hydroxyl groups excluding tert-OH is 1. The van der Waals surface area contributed by atoms with Crippen LogP contribution in [0.1, 0.15) is 248 Å². The molecule has 2 rings (SSSR count). The fourth-order valence-corrected chi connectivity index (χ4v) is 7.69. The molecule has 7 heteroatoms. The summed E-state index contributed by atoms with van der Waals surface area (Å²) >= 11 is 0. The van der Waals surface area contributed by atoms with Gasteiger partial charge in [-0.3, -0.25) is 4.79 Å². The van der Waals surface area contributed by atoms with Gasteiger partial charge in [0.1, 0.15) is 6.10 Å². The van der Waals surface area contributed by atoms with Crippen LogP contribution >= 0.6 is 0 Å². The molecule has 0 aliphatic carbocycles. The van der Waals surface area contributed by atoms with Crippen molar-refractivity contribution in [3.63, 3.8) is 0 Å². The maximum Gasteiger partial charge on any atom is 0.306 e. The molecule has 0 saturated carbocycles. The van der Waals surface area contributed by atoms with Crippen LogP contribution in [-0.4, -0.2) is 60.3 Å². The second-order valence-corrected chi connectivity index (χ2v) is 17.6. The molecule has 0 spiro atoms. The molecular weight excluding hydrogens is 677 g/mol. The van der Waals surface area contributed by atoms with Gasteiger partial charge < -0.3 is 28.8 Å². The minimum atomic E-state index is -0.454. The summed E-state index contributed by atoms with van der Waals surface area (Å²) in [5.41, 5.74) is 0. The molecule has 0 aromatic carbocycles. The van der Waals surface area contributed by atoms with Crippen molar-refractivity contribution in [2.75, 3.05) is 13.2 Å². The Hall–Kier alpha value is -0.730. The average Bonchev–Trinajstić information content (AvgIpc) is 3.67. The lowest BCUT2D eigenvalue weighted by Crippen LogP contribution is -2.22. The number of hydrogen-bond donors (Lipinski definition) is 1. The zero-order chi connectivity index (χ0) is 39.8. The van der Waals surface area contributed by atoms with E-state index in [1.54, 1.807) is 0 Å². The van der Waals surface area contributed by atoms with Crippen LogP contribution in [0.2, 0.25) is 0 Å². The summed E-state index contributed by atoms with van der Waals surface area (Å²) < 4.78 is 28.9. The molecule has 0 bridgehead atoms. The second kappa shape index (κ2) is 33.3. The zero-order valence-electron chi connectivity index (χ0n) is 37.0. The van der Waals surface area contributed by atoms with Crippen LogP contribution in [0.15, 0.2) is 0 Å². The van der Waals surface area contributed by atoms with Gasteiger partial charge in [0.05, 0.1) is 31.5 Å². The average molecular weight is 769 g/mol. The molecule has 2 saturated heterocycles. The maximum absolute atomic E-state index is 12.5. The van der Waals surface area contributed by atoms with Gasteiger partial charge in [0.2, 0.25) is 0 Å². The van der Waals surface area contributed by atoms with Crippen molar-refractivity contribution in [1.82, 2.24) is 0 Å². The first-order chi connectivity index (χ1) is 26.0.